The third-order valence-electron chi connectivity index (χ3n) is 6.30. The van der Waals surface area contributed by atoms with Crippen LogP contribution in [0.25, 0.3) is 11.0 Å². The molecule has 4 heteroatoms. The molecule has 31 heavy (non-hydrogen) atoms. The average Bonchev–Trinajstić information content (AvgIpc) is 3.39. The molecule has 0 N–H and O–H groups in total. The fourth-order valence-corrected chi connectivity index (χ4v) is 4.57. The van der Waals surface area contributed by atoms with Gasteiger partial charge in [0.1, 0.15) is 5.82 Å². The molecule has 1 aliphatic heterocycles. The summed E-state index contributed by atoms with van der Waals surface area (Å²) in [6.45, 7) is 3.68. The molecule has 0 aliphatic carbocycles. The molecule has 4 nitrogen and oxygen atoms in total. The Kier molecular flexibility index (Phi) is 5.29. The number of aryl methyl sites for hydroxylation is 3. The van der Waals surface area contributed by atoms with Crippen LogP contribution in [0.15, 0.2) is 78.9 Å². The molecule has 4 aromatic rings. The average molecular weight is 410 g/mol. The molecule has 1 fully saturated rings. The number of hydrogen-bond acceptors (Lipinski definition) is 2. The first kappa shape index (κ1) is 19.6. The second kappa shape index (κ2) is 8.38. The number of aromatic nitrogens is 2. The summed E-state index contributed by atoms with van der Waals surface area (Å²) >= 11 is 0. The van der Waals surface area contributed by atoms with Gasteiger partial charge in [-0.05, 0) is 48.2 Å². The molecule has 0 spiro atoms. The Hall–Kier alpha value is -3.40. The van der Waals surface area contributed by atoms with E-state index in [2.05, 4.69) is 78.2 Å². The number of imidazole rings is 1. The van der Waals surface area contributed by atoms with E-state index in [1.54, 1.807) is 0 Å². The summed E-state index contributed by atoms with van der Waals surface area (Å²) in [5.41, 5.74) is 5.73. The Labute approximate surface area is 183 Å². The van der Waals surface area contributed by atoms with Crippen LogP contribution in [-0.2, 0) is 24.2 Å². The zero-order valence-electron chi connectivity index (χ0n) is 17.9. The highest BCUT2D eigenvalue weighted by Crippen LogP contribution is 2.33. The van der Waals surface area contributed by atoms with E-state index < -0.39 is 0 Å². The van der Waals surface area contributed by atoms with Crippen molar-refractivity contribution in [1.29, 1.82) is 0 Å². The molecule has 5 rings (SSSR count). The SMILES string of the molecule is CCc1ccc(N2C[C@@H](c3nc4ccccc4n3CCc3ccccc3)CC2=O)cc1. The van der Waals surface area contributed by atoms with Gasteiger partial charge < -0.3 is 9.47 Å². The van der Waals surface area contributed by atoms with Gasteiger partial charge in [-0.25, -0.2) is 4.98 Å². The zero-order chi connectivity index (χ0) is 21.2. The Morgan fingerprint density at radius 1 is 0.903 bits per heavy atom. The van der Waals surface area contributed by atoms with Crippen LogP contribution >= 0.6 is 0 Å². The van der Waals surface area contributed by atoms with E-state index in [-0.39, 0.29) is 11.8 Å². The first-order chi connectivity index (χ1) is 15.2. The van der Waals surface area contributed by atoms with Gasteiger partial charge in [-0.3, -0.25) is 4.79 Å². The van der Waals surface area contributed by atoms with Crippen molar-refractivity contribution < 1.29 is 4.79 Å². The summed E-state index contributed by atoms with van der Waals surface area (Å²) in [6, 6.07) is 27.2. The second-order valence-electron chi connectivity index (χ2n) is 8.27. The summed E-state index contributed by atoms with van der Waals surface area (Å²) in [6.07, 6.45) is 2.45. The van der Waals surface area contributed by atoms with E-state index in [4.69, 9.17) is 4.98 Å². The minimum atomic E-state index is 0.0986. The van der Waals surface area contributed by atoms with Gasteiger partial charge in [-0.2, -0.15) is 0 Å². The minimum absolute atomic E-state index is 0.0986. The van der Waals surface area contributed by atoms with E-state index >= 15 is 0 Å². The van der Waals surface area contributed by atoms with Crippen molar-refractivity contribution in [2.45, 2.75) is 38.6 Å². The molecule has 3 aromatic carbocycles. The Bertz CT molecular complexity index is 1190. The zero-order valence-corrected chi connectivity index (χ0v) is 17.9. The van der Waals surface area contributed by atoms with E-state index in [9.17, 15) is 4.79 Å². The topological polar surface area (TPSA) is 38.1 Å². The van der Waals surface area contributed by atoms with E-state index in [1.807, 2.05) is 17.0 Å². The molecule has 2 heterocycles. The number of anilines is 1. The highest BCUT2D eigenvalue weighted by atomic mass is 16.2. The summed E-state index contributed by atoms with van der Waals surface area (Å²) in [7, 11) is 0. The molecule has 0 bridgehead atoms. The number of para-hydroxylation sites is 2. The monoisotopic (exact) mass is 409 g/mol. The number of fused-ring (bicyclic) bond motifs is 1. The maximum atomic E-state index is 12.9. The van der Waals surface area contributed by atoms with Gasteiger partial charge in [-0.15, -0.1) is 0 Å². The molecule has 0 radical (unpaired) electrons. The Morgan fingerprint density at radius 3 is 2.42 bits per heavy atom. The third kappa shape index (κ3) is 3.86. The molecule has 0 unspecified atom stereocenters. The van der Waals surface area contributed by atoms with Crippen LogP contribution in [0.5, 0.6) is 0 Å². The summed E-state index contributed by atoms with van der Waals surface area (Å²) in [4.78, 5) is 19.8. The van der Waals surface area contributed by atoms with Crippen LogP contribution in [0, 0.1) is 0 Å². The first-order valence-corrected chi connectivity index (χ1v) is 11.1. The van der Waals surface area contributed by atoms with Gasteiger partial charge in [0.15, 0.2) is 0 Å². The van der Waals surface area contributed by atoms with E-state index in [0.717, 1.165) is 41.9 Å². The van der Waals surface area contributed by atoms with E-state index in [0.29, 0.717) is 13.0 Å². The van der Waals surface area contributed by atoms with Crippen LogP contribution in [0.4, 0.5) is 5.69 Å². The minimum Gasteiger partial charge on any atom is -0.327 e. The van der Waals surface area contributed by atoms with Crippen molar-refractivity contribution in [3.8, 4) is 0 Å². The van der Waals surface area contributed by atoms with E-state index in [1.165, 1.54) is 11.1 Å². The van der Waals surface area contributed by atoms with Gasteiger partial charge in [0.25, 0.3) is 0 Å². The maximum Gasteiger partial charge on any atom is 0.227 e. The molecule has 1 aliphatic rings. The highest BCUT2D eigenvalue weighted by molar-refractivity contribution is 5.96. The van der Waals surface area contributed by atoms with Crippen molar-refractivity contribution in [3.63, 3.8) is 0 Å². The van der Waals surface area contributed by atoms with Gasteiger partial charge in [0.2, 0.25) is 5.91 Å². The number of amides is 1. The number of hydrogen-bond donors (Lipinski definition) is 0. The fourth-order valence-electron chi connectivity index (χ4n) is 4.57. The number of carbonyl (C=O) groups excluding carboxylic acids is 1. The van der Waals surface area contributed by atoms with Crippen LogP contribution in [0.1, 0.15) is 36.2 Å². The smallest absolute Gasteiger partial charge is 0.227 e. The Morgan fingerprint density at radius 2 is 1.65 bits per heavy atom. The van der Waals surface area contributed by atoms with Crippen molar-refractivity contribution >= 4 is 22.6 Å². The lowest BCUT2D eigenvalue weighted by atomic mass is 10.1. The molecule has 0 saturated carbocycles. The normalized spacial score (nSPS) is 16.4. The van der Waals surface area contributed by atoms with Crippen molar-refractivity contribution in [1.82, 2.24) is 9.55 Å². The van der Waals surface area contributed by atoms with Crippen LogP contribution in [0.3, 0.4) is 0 Å². The highest BCUT2D eigenvalue weighted by Gasteiger charge is 2.34. The van der Waals surface area contributed by atoms with Crippen molar-refractivity contribution in [2.75, 3.05) is 11.4 Å². The summed E-state index contributed by atoms with van der Waals surface area (Å²) in [5, 5.41) is 0. The molecule has 156 valence electrons. The largest absolute Gasteiger partial charge is 0.327 e. The molecular formula is C27H27N3O. The van der Waals surface area contributed by atoms with Gasteiger partial charge in [0, 0.05) is 31.1 Å². The summed E-state index contributed by atoms with van der Waals surface area (Å²) < 4.78 is 2.32. The number of carbonyl (C=O) groups is 1. The first-order valence-electron chi connectivity index (χ1n) is 11.1. The second-order valence-corrected chi connectivity index (χ2v) is 8.27. The van der Waals surface area contributed by atoms with Gasteiger partial charge >= 0.3 is 0 Å². The van der Waals surface area contributed by atoms with Crippen molar-refractivity contribution in [3.05, 3.63) is 95.8 Å². The fraction of sp³-hybridized carbons (Fsp3) is 0.259. The standard InChI is InChI=1S/C27H27N3O/c1-2-20-12-14-23(15-13-20)30-19-22(18-26(30)31)27-28-24-10-6-7-11-25(24)29(27)17-16-21-8-4-3-5-9-21/h3-15,22H,2,16-19H2,1H3/t22-/m0/s1. The molecular weight excluding hydrogens is 382 g/mol. The van der Waals surface area contributed by atoms with Crippen LogP contribution < -0.4 is 4.90 Å². The van der Waals surface area contributed by atoms with Crippen LogP contribution in [-0.4, -0.2) is 22.0 Å². The predicted octanol–water partition coefficient (Wildman–Crippen LogP) is 5.36. The summed E-state index contributed by atoms with van der Waals surface area (Å²) in [5.74, 6) is 1.30. The molecule has 1 saturated heterocycles. The predicted molar refractivity (Wildman–Crippen MR) is 125 cm³/mol. The number of nitrogens with zero attached hydrogens (tertiary/aromatic N) is 3. The lowest BCUT2D eigenvalue weighted by Crippen LogP contribution is -2.24. The maximum absolute atomic E-state index is 12.9. The van der Waals surface area contributed by atoms with Crippen LogP contribution in [0.2, 0.25) is 0 Å². The molecule has 1 aromatic heterocycles. The number of rotatable bonds is 6. The number of benzene rings is 3. The van der Waals surface area contributed by atoms with Crippen molar-refractivity contribution in [2.24, 2.45) is 0 Å². The molecule has 1 amide bonds. The molecule has 1 atom stereocenters. The lowest BCUT2D eigenvalue weighted by Gasteiger charge is -2.18. The van der Waals surface area contributed by atoms with Gasteiger partial charge in [-0.1, -0.05) is 61.5 Å². The Balaban J connectivity index is 1.44. The lowest BCUT2D eigenvalue weighted by molar-refractivity contribution is -0.117. The van der Waals surface area contributed by atoms with Gasteiger partial charge in [0.05, 0.1) is 11.0 Å². The third-order valence-corrected chi connectivity index (χ3v) is 6.30. The quantitative estimate of drug-likeness (QED) is 0.430.